The molecule has 3 fully saturated rings. The predicted molar refractivity (Wildman–Crippen MR) is 122 cm³/mol. The third kappa shape index (κ3) is 4.01. The normalized spacial score (nSPS) is 30.1. The van der Waals surface area contributed by atoms with Crippen LogP contribution >= 0.6 is 11.8 Å². The molecule has 0 unspecified atom stereocenters. The minimum Gasteiger partial charge on any atom is -0.341 e. The minimum atomic E-state index is -0.511. The highest BCUT2D eigenvalue weighted by Gasteiger charge is 2.50. The van der Waals surface area contributed by atoms with Crippen LogP contribution in [0.1, 0.15) is 45.1 Å². The summed E-state index contributed by atoms with van der Waals surface area (Å²) in [6.07, 6.45) is 6.67. The lowest BCUT2D eigenvalue weighted by atomic mass is 9.70. The number of hydrogen-bond acceptors (Lipinski definition) is 4. The van der Waals surface area contributed by atoms with Gasteiger partial charge in [0.2, 0.25) is 11.8 Å². The number of fused-ring (bicyclic) bond motifs is 4. The molecule has 0 aliphatic carbocycles. The fourth-order valence-corrected chi connectivity index (χ4v) is 6.05. The molecule has 3 saturated heterocycles. The zero-order valence-electron chi connectivity index (χ0n) is 18.4. The molecule has 6 heteroatoms. The van der Waals surface area contributed by atoms with Crippen LogP contribution in [0.15, 0.2) is 30.3 Å². The first-order valence-electron chi connectivity index (χ1n) is 11.3. The zero-order valence-corrected chi connectivity index (χ0v) is 19.2. The number of hydrogen-bond donors (Lipinski definition) is 1. The van der Waals surface area contributed by atoms with Gasteiger partial charge >= 0.3 is 0 Å². The average molecular weight is 430 g/mol. The average Bonchev–Trinajstić information content (AvgIpc) is 2.76. The second-order valence-electron chi connectivity index (χ2n) is 9.80. The highest BCUT2D eigenvalue weighted by molar-refractivity contribution is 8.00. The molecule has 30 heavy (non-hydrogen) atoms. The Bertz CT molecular complexity index is 784. The second kappa shape index (κ2) is 8.54. The molecule has 0 aromatic heterocycles. The summed E-state index contributed by atoms with van der Waals surface area (Å²) in [6.45, 7) is 5.54. The topological polar surface area (TPSA) is 66.6 Å². The van der Waals surface area contributed by atoms with Crippen molar-refractivity contribution in [2.75, 3.05) is 19.3 Å². The van der Waals surface area contributed by atoms with E-state index in [1.807, 2.05) is 31.1 Å². The molecule has 3 aliphatic heterocycles. The first-order chi connectivity index (χ1) is 14.3. The molecule has 0 saturated carbocycles. The van der Waals surface area contributed by atoms with Gasteiger partial charge in [0.05, 0.1) is 6.04 Å². The Morgan fingerprint density at radius 2 is 1.93 bits per heavy atom. The Morgan fingerprint density at radius 1 is 1.23 bits per heavy atom. The maximum absolute atomic E-state index is 13.3. The van der Waals surface area contributed by atoms with E-state index in [1.165, 1.54) is 5.56 Å². The Kier molecular flexibility index (Phi) is 6.18. The van der Waals surface area contributed by atoms with E-state index in [0.29, 0.717) is 30.7 Å². The fraction of sp³-hybridized carbons (Fsp3) is 0.667. The lowest BCUT2D eigenvalue weighted by Gasteiger charge is -2.57. The van der Waals surface area contributed by atoms with Gasteiger partial charge in [0, 0.05) is 36.3 Å². The van der Waals surface area contributed by atoms with Crippen molar-refractivity contribution in [3.05, 3.63) is 35.9 Å². The molecule has 0 spiro atoms. The van der Waals surface area contributed by atoms with Crippen LogP contribution in [0.2, 0.25) is 0 Å². The minimum absolute atomic E-state index is 0.0677. The number of amides is 2. The van der Waals surface area contributed by atoms with Gasteiger partial charge in [-0.25, -0.2) is 0 Å². The van der Waals surface area contributed by atoms with E-state index >= 15 is 0 Å². The number of carbonyl (C=O) groups is 2. The lowest BCUT2D eigenvalue weighted by molar-refractivity contribution is -0.156. The second-order valence-corrected chi connectivity index (χ2v) is 11.3. The summed E-state index contributed by atoms with van der Waals surface area (Å²) in [5, 5.41) is 0. The molecule has 3 aliphatic rings. The van der Waals surface area contributed by atoms with Crippen molar-refractivity contribution >= 4 is 23.6 Å². The first-order valence-corrected chi connectivity index (χ1v) is 12.5. The van der Waals surface area contributed by atoms with Crippen LogP contribution in [0.5, 0.6) is 0 Å². The number of benzene rings is 1. The Balaban J connectivity index is 1.60. The zero-order chi connectivity index (χ0) is 21.5. The van der Waals surface area contributed by atoms with Crippen LogP contribution in [0, 0.1) is 11.8 Å². The number of likely N-dealkylation sites (tertiary alicyclic amines) is 1. The van der Waals surface area contributed by atoms with Crippen LogP contribution in [0.25, 0.3) is 0 Å². The van der Waals surface area contributed by atoms with Crippen LogP contribution in [0.3, 0.4) is 0 Å². The van der Waals surface area contributed by atoms with Gasteiger partial charge in [-0.1, -0.05) is 30.3 Å². The molecule has 4 rings (SSSR count). The third-order valence-electron chi connectivity index (χ3n) is 7.64. The molecule has 0 radical (unpaired) electrons. The summed E-state index contributed by atoms with van der Waals surface area (Å²) in [5.74, 6) is 1.06. The Hall–Kier alpha value is -1.53. The monoisotopic (exact) mass is 429 g/mol. The van der Waals surface area contributed by atoms with Crippen molar-refractivity contribution < 1.29 is 9.59 Å². The number of nitrogens with zero attached hydrogens (tertiary/aromatic N) is 2. The SMILES string of the molecule is CSC(C)(C)[C@H](N)C(=O)N1C[C@H]2C[C@@H](C1)[C@H](Cc1ccccc1)N1C(=O)CCC[C@@H]21. The van der Waals surface area contributed by atoms with E-state index in [9.17, 15) is 9.59 Å². The van der Waals surface area contributed by atoms with Gasteiger partial charge in [-0.3, -0.25) is 9.59 Å². The third-order valence-corrected chi connectivity index (χ3v) is 8.94. The Labute approximate surface area is 184 Å². The van der Waals surface area contributed by atoms with Crippen molar-refractivity contribution in [2.24, 2.45) is 17.6 Å². The van der Waals surface area contributed by atoms with E-state index in [2.05, 4.69) is 29.2 Å². The van der Waals surface area contributed by atoms with Gasteiger partial charge in [-0.15, -0.1) is 0 Å². The molecule has 5 nitrogen and oxygen atoms in total. The van der Waals surface area contributed by atoms with Crippen molar-refractivity contribution in [3.8, 4) is 0 Å². The summed E-state index contributed by atoms with van der Waals surface area (Å²) in [7, 11) is 0. The summed E-state index contributed by atoms with van der Waals surface area (Å²) in [4.78, 5) is 30.6. The molecular weight excluding hydrogens is 394 g/mol. The Morgan fingerprint density at radius 3 is 2.63 bits per heavy atom. The van der Waals surface area contributed by atoms with Crippen LogP contribution in [0.4, 0.5) is 0 Å². The largest absolute Gasteiger partial charge is 0.341 e. The highest BCUT2D eigenvalue weighted by Crippen LogP contribution is 2.43. The fourth-order valence-electron chi connectivity index (χ4n) is 5.69. The summed E-state index contributed by atoms with van der Waals surface area (Å²) >= 11 is 1.64. The lowest BCUT2D eigenvalue weighted by Crippen LogP contribution is -2.67. The molecule has 5 atom stereocenters. The molecule has 1 aromatic carbocycles. The van der Waals surface area contributed by atoms with E-state index in [1.54, 1.807) is 11.8 Å². The predicted octanol–water partition coefficient (Wildman–Crippen LogP) is 2.93. The maximum atomic E-state index is 13.3. The van der Waals surface area contributed by atoms with E-state index in [4.69, 9.17) is 5.73 Å². The first kappa shape index (κ1) is 21.7. The van der Waals surface area contributed by atoms with Gasteiger partial charge in [0.1, 0.15) is 0 Å². The standard InChI is InChI=1S/C24H35N3O2S/c1-24(2,30-3)22(25)23(29)26-14-17-13-18(15-26)20(12-16-8-5-4-6-9-16)27-19(17)10-7-11-21(27)28/h4-6,8-9,17-20,22H,7,10-15,25H2,1-3H3/t17-,18+,19+,20+,22-/m1/s1. The summed E-state index contributed by atoms with van der Waals surface area (Å²) < 4.78 is -0.292. The summed E-state index contributed by atoms with van der Waals surface area (Å²) in [5.41, 5.74) is 7.69. The number of piperidine rings is 3. The highest BCUT2D eigenvalue weighted by atomic mass is 32.2. The molecule has 2 bridgehead atoms. The molecule has 2 amide bonds. The molecular formula is C24H35N3O2S. The molecule has 3 heterocycles. The van der Waals surface area contributed by atoms with Crippen molar-refractivity contribution in [1.82, 2.24) is 9.80 Å². The van der Waals surface area contributed by atoms with Gasteiger partial charge < -0.3 is 15.5 Å². The number of thioether (sulfide) groups is 1. The quantitative estimate of drug-likeness (QED) is 0.782. The molecule has 2 N–H and O–H groups in total. The van der Waals surface area contributed by atoms with Gasteiger partial charge in [-0.05, 0) is 63.2 Å². The van der Waals surface area contributed by atoms with Crippen LogP contribution in [-0.4, -0.2) is 63.8 Å². The van der Waals surface area contributed by atoms with Crippen LogP contribution in [-0.2, 0) is 16.0 Å². The van der Waals surface area contributed by atoms with Crippen LogP contribution < -0.4 is 5.73 Å². The molecule has 1 aromatic rings. The smallest absolute Gasteiger partial charge is 0.240 e. The number of rotatable bonds is 5. The van der Waals surface area contributed by atoms with E-state index < -0.39 is 6.04 Å². The van der Waals surface area contributed by atoms with Crippen molar-refractivity contribution in [1.29, 1.82) is 0 Å². The van der Waals surface area contributed by atoms with Crippen molar-refractivity contribution in [2.45, 2.75) is 68.8 Å². The van der Waals surface area contributed by atoms with E-state index in [-0.39, 0.29) is 22.7 Å². The summed E-state index contributed by atoms with van der Waals surface area (Å²) in [6, 6.07) is 10.4. The van der Waals surface area contributed by atoms with Gasteiger partial charge in [0.15, 0.2) is 0 Å². The molecule has 164 valence electrons. The van der Waals surface area contributed by atoms with Crippen molar-refractivity contribution in [3.63, 3.8) is 0 Å². The van der Waals surface area contributed by atoms with Gasteiger partial charge in [-0.2, -0.15) is 11.8 Å². The maximum Gasteiger partial charge on any atom is 0.240 e. The van der Waals surface area contributed by atoms with E-state index in [0.717, 1.165) is 32.2 Å². The van der Waals surface area contributed by atoms with Gasteiger partial charge in [0.25, 0.3) is 0 Å². The number of nitrogens with two attached hydrogens (primary N) is 1. The number of carbonyl (C=O) groups excluding carboxylic acids is 2.